The summed E-state index contributed by atoms with van der Waals surface area (Å²) < 4.78 is 13.2. The summed E-state index contributed by atoms with van der Waals surface area (Å²) in [5.41, 5.74) is 2.71. The van der Waals surface area contributed by atoms with Crippen LogP contribution >= 0.6 is 0 Å². The predicted molar refractivity (Wildman–Crippen MR) is 64.9 cm³/mol. The van der Waals surface area contributed by atoms with Gasteiger partial charge in [-0.15, -0.1) is 0 Å². The topological polar surface area (TPSA) is 37.8 Å². The molecule has 0 saturated carbocycles. The van der Waals surface area contributed by atoms with Crippen LogP contribution in [-0.4, -0.2) is 17.0 Å². The van der Waals surface area contributed by atoms with Crippen molar-refractivity contribution in [1.82, 2.24) is 15.3 Å². The fourth-order valence-corrected chi connectivity index (χ4v) is 1.62. The second-order valence-corrected chi connectivity index (χ2v) is 3.90. The zero-order valence-corrected chi connectivity index (χ0v) is 9.87. The third-order valence-electron chi connectivity index (χ3n) is 2.53. The van der Waals surface area contributed by atoms with E-state index in [1.54, 1.807) is 18.5 Å². The normalized spacial score (nSPS) is 10.5. The van der Waals surface area contributed by atoms with Crippen molar-refractivity contribution >= 4 is 0 Å². The highest BCUT2D eigenvalue weighted by Crippen LogP contribution is 2.20. The van der Waals surface area contributed by atoms with Crippen molar-refractivity contribution in [1.29, 1.82) is 0 Å². The van der Waals surface area contributed by atoms with Gasteiger partial charge in [0, 0.05) is 30.1 Å². The van der Waals surface area contributed by atoms with Crippen LogP contribution in [0, 0.1) is 12.7 Å². The maximum atomic E-state index is 13.2. The van der Waals surface area contributed by atoms with Gasteiger partial charge in [-0.25, -0.2) is 14.4 Å². The molecular formula is C13H14FN3. The Morgan fingerprint density at radius 3 is 2.59 bits per heavy atom. The third kappa shape index (κ3) is 2.65. The van der Waals surface area contributed by atoms with Crippen LogP contribution in [-0.2, 0) is 6.54 Å². The number of halogens is 1. The molecule has 0 aliphatic carbocycles. The Balaban J connectivity index is 2.36. The molecule has 17 heavy (non-hydrogen) atoms. The maximum absolute atomic E-state index is 13.2. The molecule has 4 heteroatoms. The van der Waals surface area contributed by atoms with E-state index in [4.69, 9.17) is 0 Å². The molecule has 0 fully saturated rings. The maximum Gasteiger partial charge on any atom is 0.159 e. The number of nitrogens with one attached hydrogen (secondary N) is 1. The molecule has 0 saturated heterocycles. The molecule has 1 heterocycles. The van der Waals surface area contributed by atoms with Gasteiger partial charge in [0.25, 0.3) is 0 Å². The molecule has 2 aromatic rings. The van der Waals surface area contributed by atoms with Gasteiger partial charge in [-0.2, -0.15) is 0 Å². The smallest absolute Gasteiger partial charge is 0.159 e. The number of benzene rings is 1. The van der Waals surface area contributed by atoms with Gasteiger partial charge in [0.1, 0.15) is 5.82 Å². The van der Waals surface area contributed by atoms with Crippen molar-refractivity contribution in [3.8, 4) is 11.4 Å². The SMILES string of the molecule is CNCc1cnc(-c2cc(F)ccc2C)nc1. The predicted octanol–water partition coefficient (Wildman–Crippen LogP) is 2.31. The van der Waals surface area contributed by atoms with Gasteiger partial charge in [0.15, 0.2) is 5.82 Å². The molecule has 0 atom stereocenters. The van der Waals surface area contributed by atoms with Gasteiger partial charge in [0.05, 0.1) is 0 Å². The number of hydrogen-bond acceptors (Lipinski definition) is 3. The van der Waals surface area contributed by atoms with E-state index >= 15 is 0 Å². The molecule has 3 nitrogen and oxygen atoms in total. The van der Waals surface area contributed by atoms with Crippen LogP contribution < -0.4 is 5.32 Å². The first-order valence-electron chi connectivity index (χ1n) is 5.43. The molecule has 0 amide bonds. The lowest BCUT2D eigenvalue weighted by Crippen LogP contribution is -2.06. The monoisotopic (exact) mass is 231 g/mol. The molecule has 0 radical (unpaired) electrons. The third-order valence-corrected chi connectivity index (χ3v) is 2.53. The molecule has 0 aliphatic heterocycles. The molecular weight excluding hydrogens is 217 g/mol. The van der Waals surface area contributed by atoms with Gasteiger partial charge in [-0.1, -0.05) is 6.07 Å². The molecule has 1 N–H and O–H groups in total. The van der Waals surface area contributed by atoms with Crippen molar-refractivity contribution in [3.63, 3.8) is 0 Å². The standard InChI is InChI=1S/C13H14FN3/c1-9-3-4-11(14)5-12(9)13-16-7-10(6-15-2)8-17-13/h3-5,7-8,15H,6H2,1-2H3. The van der Waals surface area contributed by atoms with Crippen LogP contribution in [0.2, 0.25) is 0 Å². The highest BCUT2D eigenvalue weighted by atomic mass is 19.1. The summed E-state index contributed by atoms with van der Waals surface area (Å²) in [5, 5.41) is 3.02. The van der Waals surface area contributed by atoms with Crippen LogP contribution in [0.5, 0.6) is 0 Å². The van der Waals surface area contributed by atoms with E-state index in [9.17, 15) is 4.39 Å². The van der Waals surface area contributed by atoms with E-state index in [-0.39, 0.29) is 5.82 Å². The molecule has 0 bridgehead atoms. The Labute approximate surface area is 99.7 Å². The summed E-state index contributed by atoms with van der Waals surface area (Å²) in [6, 6.07) is 4.63. The van der Waals surface area contributed by atoms with Gasteiger partial charge in [-0.05, 0) is 31.7 Å². The van der Waals surface area contributed by atoms with Gasteiger partial charge < -0.3 is 5.32 Å². The Kier molecular flexibility index (Phi) is 3.44. The minimum atomic E-state index is -0.270. The van der Waals surface area contributed by atoms with Crippen molar-refractivity contribution in [2.24, 2.45) is 0 Å². The lowest BCUT2D eigenvalue weighted by atomic mass is 10.1. The average molecular weight is 231 g/mol. The number of aryl methyl sites for hydroxylation is 1. The van der Waals surface area contributed by atoms with Crippen LogP contribution in [0.25, 0.3) is 11.4 Å². The van der Waals surface area contributed by atoms with E-state index in [1.807, 2.05) is 14.0 Å². The van der Waals surface area contributed by atoms with Crippen LogP contribution in [0.15, 0.2) is 30.6 Å². The lowest BCUT2D eigenvalue weighted by molar-refractivity contribution is 0.627. The van der Waals surface area contributed by atoms with Crippen molar-refractivity contribution in [3.05, 3.63) is 47.5 Å². The summed E-state index contributed by atoms with van der Waals surface area (Å²) in [6.07, 6.45) is 3.51. The fraction of sp³-hybridized carbons (Fsp3) is 0.231. The van der Waals surface area contributed by atoms with Crippen molar-refractivity contribution in [2.75, 3.05) is 7.05 Å². The Hall–Kier alpha value is -1.81. The highest BCUT2D eigenvalue weighted by molar-refractivity contribution is 5.59. The Morgan fingerprint density at radius 1 is 1.24 bits per heavy atom. The zero-order valence-electron chi connectivity index (χ0n) is 9.87. The first-order chi connectivity index (χ1) is 8.20. The van der Waals surface area contributed by atoms with E-state index in [2.05, 4.69) is 15.3 Å². The van der Waals surface area contributed by atoms with Crippen molar-refractivity contribution < 1.29 is 4.39 Å². The number of rotatable bonds is 3. The summed E-state index contributed by atoms with van der Waals surface area (Å²) in [7, 11) is 1.87. The van der Waals surface area contributed by atoms with E-state index < -0.39 is 0 Å². The van der Waals surface area contributed by atoms with E-state index in [0.717, 1.165) is 23.2 Å². The Bertz CT molecular complexity index is 509. The quantitative estimate of drug-likeness (QED) is 0.880. The summed E-state index contributed by atoms with van der Waals surface area (Å²) in [4.78, 5) is 8.50. The van der Waals surface area contributed by atoms with Crippen molar-refractivity contribution in [2.45, 2.75) is 13.5 Å². The van der Waals surface area contributed by atoms with Crippen LogP contribution in [0.3, 0.4) is 0 Å². The first-order valence-corrected chi connectivity index (χ1v) is 5.43. The van der Waals surface area contributed by atoms with E-state index in [0.29, 0.717) is 5.82 Å². The number of hydrogen-bond donors (Lipinski definition) is 1. The van der Waals surface area contributed by atoms with Crippen LogP contribution in [0.1, 0.15) is 11.1 Å². The molecule has 88 valence electrons. The average Bonchev–Trinajstić information content (AvgIpc) is 2.34. The summed E-state index contributed by atoms with van der Waals surface area (Å²) >= 11 is 0. The molecule has 1 aromatic heterocycles. The van der Waals surface area contributed by atoms with Crippen LogP contribution in [0.4, 0.5) is 4.39 Å². The second kappa shape index (κ2) is 5.01. The van der Waals surface area contributed by atoms with Gasteiger partial charge in [0.2, 0.25) is 0 Å². The number of nitrogens with zero attached hydrogens (tertiary/aromatic N) is 2. The second-order valence-electron chi connectivity index (χ2n) is 3.90. The molecule has 0 spiro atoms. The molecule has 2 rings (SSSR count). The zero-order chi connectivity index (χ0) is 12.3. The summed E-state index contributed by atoms with van der Waals surface area (Å²) in [5.74, 6) is 0.287. The van der Waals surface area contributed by atoms with Gasteiger partial charge >= 0.3 is 0 Å². The Morgan fingerprint density at radius 2 is 1.94 bits per heavy atom. The number of aromatic nitrogens is 2. The largest absolute Gasteiger partial charge is 0.316 e. The first kappa shape index (κ1) is 11.7. The summed E-state index contributed by atoms with van der Waals surface area (Å²) in [6.45, 7) is 2.64. The molecule has 0 aliphatic rings. The highest BCUT2D eigenvalue weighted by Gasteiger charge is 2.06. The van der Waals surface area contributed by atoms with Gasteiger partial charge in [-0.3, -0.25) is 0 Å². The minimum Gasteiger partial charge on any atom is -0.316 e. The molecule has 1 aromatic carbocycles. The lowest BCUT2D eigenvalue weighted by Gasteiger charge is -2.05. The van der Waals surface area contributed by atoms with E-state index in [1.165, 1.54) is 12.1 Å². The molecule has 0 unspecified atom stereocenters. The minimum absolute atomic E-state index is 0.270. The fourth-order valence-electron chi connectivity index (χ4n) is 1.62.